The summed E-state index contributed by atoms with van der Waals surface area (Å²) < 4.78 is 15.0. The third-order valence-corrected chi connectivity index (χ3v) is 4.20. The van der Waals surface area contributed by atoms with Gasteiger partial charge in [0.1, 0.15) is 5.92 Å². The van der Waals surface area contributed by atoms with Crippen molar-refractivity contribution in [3.8, 4) is 17.2 Å². The van der Waals surface area contributed by atoms with E-state index in [0.717, 1.165) is 11.1 Å². The van der Waals surface area contributed by atoms with E-state index in [1.54, 1.807) is 33.9 Å². The van der Waals surface area contributed by atoms with E-state index in [-0.39, 0.29) is 5.91 Å². The lowest BCUT2D eigenvalue weighted by molar-refractivity contribution is -0.118. The maximum Gasteiger partial charge on any atom is 0.244 e. The number of fused-ring (bicyclic) bond motifs is 1. The minimum absolute atomic E-state index is 0.191. The first-order valence-electron chi connectivity index (χ1n) is 7.47. The summed E-state index contributed by atoms with van der Waals surface area (Å²) in [4.78, 5) is 17.5. The summed E-state index contributed by atoms with van der Waals surface area (Å²) in [6.45, 7) is 0.501. The fourth-order valence-corrected chi connectivity index (χ4v) is 3.01. The first-order chi connectivity index (χ1) is 11.7. The van der Waals surface area contributed by atoms with E-state index in [0.29, 0.717) is 24.2 Å². The molecule has 1 saturated heterocycles. The van der Waals surface area contributed by atoms with Crippen LogP contribution in [-0.4, -0.2) is 27.0 Å². The minimum atomic E-state index is -0.595. The molecule has 3 aromatic heterocycles. The Hall–Kier alpha value is -3.27. The molecule has 1 amide bonds. The Bertz CT molecular complexity index is 990. The zero-order chi connectivity index (χ0) is 16.7. The number of anilines is 1. The van der Waals surface area contributed by atoms with E-state index in [2.05, 4.69) is 10.1 Å². The van der Waals surface area contributed by atoms with Crippen molar-refractivity contribution < 1.29 is 9.18 Å². The Morgan fingerprint density at radius 2 is 2.12 bits per heavy atom. The van der Waals surface area contributed by atoms with E-state index in [1.165, 1.54) is 12.3 Å². The van der Waals surface area contributed by atoms with Gasteiger partial charge in [-0.05, 0) is 30.2 Å². The molecular weight excluding hydrogens is 309 g/mol. The molecular formula is C17H12FN5O. The van der Waals surface area contributed by atoms with Crippen LogP contribution in [0.4, 0.5) is 10.1 Å². The van der Waals surface area contributed by atoms with E-state index < -0.39 is 11.9 Å². The molecule has 1 unspecified atom stereocenters. The monoisotopic (exact) mass is 321 g/mol. The lowest BCUT2D eigenvalue weighted by atomic mass is 10.1. The molecule has 6 nitrogen and oxygen atoms in total. The first-order valence-corrected chi connectivity index (χ1v) is 7.47. The number of halogens is 1. The predicted octanol–water partition coefficient (Wildman–Crippen LogP) is 2.41. The quantitative estimate of drug-likeness (QED) is 0.679. The van der Waals surface area contributed by atoms with Crippen molar-refractivity contribution in [2.45, 2.75) is 6.42 Å². The average molecular weight is 321 g/mol. The zero-order valence-corrected chi connectivity index (χ0v) is 12.6. The molecule has 1 aliphatic heterocycles. The van der Waals surface area contributed by atoms with Crippen LogP contribution in [0.5, 0.6) is 0 Å². The summed E-state index contributed by atoms with van der Waals surface area (Å²) in [5, 5.41) is 13.3. The molecule has 1 atom stereocenters. The van der Waals surface area contributed by atoms with Crippen molar-refractivity contribution >= 4 is 17.1 Å². The Morgan fingerprint density at radius 1 is 1.25 bits per heavy atom. The number of carbonyl (C=O) groups is 1. The molecule has 0 radical (unpaired) electrons. The van der Waals surface area contributed by atoms with Gasteiger partial charge in [0.2, 0.25) is 11.9 Å². The van der Waals surface area contributed by atoms with Gasteiger partial charge in [-0.25, -0.2) is 9.50 Å². The molecule has 0 saturated carbocycles. The SMILES string of the molecule is N#CC1CCN(c2ccnn3cc(-c4ccnc(F)c4)cc23)C1=O. The van der Waals surface area contributed by atoms with Gasteiger partial charge in [0.05, 0.1) is 17.3 Å². The van der Waals surface area contributed by atoms with Crippen molar-refractivity contribution in [1.82, 2.24) is 14.6 Å². The molecule has 4 rings (SSSR count). The molecule has 3 aromatic rings. The van der Waals surface area contributed by atoms with Crippen molar-refractivity contribution in [2.24, 2.45) is 5.92 Å². The maximum atomic E-state index is 13.3. The molecule has 0 N–H and O–H groups in total. The van der Waals surface area contributed by atoms with Gasteiger partial charge in [-0.15, -0.1) is 0 Å². The van der Waals surface area contributed by atoms with Crippen LogP contribution >= 0.6 is 0 Å². The van der Waals surface area contributed by atoms with E-state index >= 15 is 0 Å². The molecule has 4 heterocycles. The lowest BCUT2D eigenvalue weighted by Gasteiger charge is -2.16. The number of nitrogens with zero attached hydrogens (tertiary/aromatic N) is 5. The Kier molecular flexibility index (Phi) is 3.24. The standard InChI is InChI=1S/C17H12FN5O/c18-16-8-11(1-4-20-16)13-7-15-14(2-5-21-23(15)10-13)22-6-3-12(9-19)17(22)24/h1-2,4-5,7-8,10,12H,3,6H2. The molecule has 24 heavy (non-hydrogen) atoms. The van der Waals surface area contributed by atoms with Gasteiger partial charge in [0, 0.05) is 36.8 Å². The number of aromatic nitrogens is 3. The van der Waals surface area contributed by atoms with Gasteiger partial charge in [0.25, 0.3) is 0 Å². The van der Waals surface area contributed by atoms with Crippen LogP contribution in [-0.2, 0) is 4.79 Å². The van der Waals surface area contributed by atoms with Crippen LogP contribution < -0.4 is 4.90 Å². The van der Waals surface area contributed by atoms with E-state index in [1.807, 2.05) is 12.1 Å². The molecule has 118 valence electrons. The van der Waals surface area contributed by atoms with Gasteiger partial charge in [0.15, 0.2) is 0 Å². The second-order valence-electron chi connectivity index (χ2n) is 5.60. The molecule has 0 spiro atoms. The van der Waals surface area contributed by atoms with Crippen LogP contribution in [0, 0.1) is 23.2 Å². The maximum absolute atomic E-state index is 13.3. The summed E-state index contributed by atoms with van der Waals surface area (Å²) in [7, 11) is 0. The number of hydrogen-bond donors (Lipinski definition) is 0. The van der Waals surface area contributed by atoms with Crippen molar-refractivity contribution in [3.63, 3.8) is 0 Å². The topological polar surface area (TPSA) is 74.3 Å². The van der Waals surface area contributed by atoms with Gasteiger partial charge in [-0.2, -0.15) is 14.8 Å². The first kappa shape index (κ1) is 14.3. The second kappa shape index (κ2) is 5.42. The molecule has 0 aliphatic carbocycles. The normalized spacial score (nSPS) is 17.4. The van der Waals surface area contributed by atoms with Crippen LogP contribution in [0.2, 0.25) is 0 Å². The highest BCUT2D eigenvalue weighted by Gasteiger charge is 2.33. The predicted molar refractivity (Wildman–Crippen MR) is 84.5 cm³/mol. The van der Waals surface area contributed by atoms with Crippen molar-refractivity contribution in [1.29, 1.82) is 5.26 Å². The van der Waals surface area contributed by atoms with Gasteiger partial charge >= 0.3 is 0 Å². The second-order valence-corrected chi connectivity index (χ2v) is 5.60. The third-order valence-electron chi connectivity index (χ3n) is 4.20. The Morgan fingerprint density at radius 3 is 2.88 bits per heavy atom. The minimum Gasteiger partial charge on any atom is -0.309 e. The number of pyridine rings is 1. The summed E-state index contributed by atoms with van der Waals surface area (Å²) in [6, 6.07) is 8.70. The summed E-state index contributed by atoms with van der Waals surface area (Å²) in [6.07, 6.45) is 5.30. The summed E-state index contributed by atoms with van der Waals surface area (Å²) in [5.74, 6) is -1.34. The molecule has 0 aromatic carbocycles. The van der Waals surface area contributed by atoms with Crippen LogP contribution in [0.25, 0.3) is 16.6 Å². The molecule has 7 heteroatoms. The molecule has 1 fully saturated rings. The summed E-state index contributed by atoms with van der Waals surface area (Å²) in [5.41, 5.74) is 2.89. The fourth-order valence-electron chi connectivity index (χ4n) is 3.01. The van der Waals surface area contributed by atoms with E-state index in [9.17, 15) is 9.18 Å². The van der Waals surface area contributed by atoms with Gasteiger partial charge in [-0.1, -0.05) is 0 Å². The molecule has 1 aliphatic rings. The third kappa shape index (κ3) is 2.20. The number of nitriles is 1. The number of hydrogen-bond acceptors (Lipinski definition) is 4. The van der Waals surface area contributed by atoms with E-state index in [4.69, 9.17) is 5.26 Å². The van der Waals surface area contributed by atoms with Gasteiger partial charge < -0.3 is 4.90 Å². The molecule has 0 bridgehead atoms. The number of carbonyl (C=O) groups excluding carboxylic acids is 1. The highest BCUT2D eigenvalue weighted by Crippen LogP contribution is 2.31. The van der Waals surface area contributed by atoms with Crippen LogP contribution in [0.1, 0.15) is 6.42 Å². The Labute approximate surface area is 136 Å². The number of amides is 1. The van der Waals surface area contributed by atoms with Crippen molar-refractivity contribution in [2.75, 3.05) is 11.4 Å². The largest absolute Gasteiger partial charge is 0.309 e. The smallest absolute Gasteiger partial charge is 0.244 e. The van der Waals surface area contributed by atoms with Crippen LogP contribution in [0.15, 0.2) is 42.9 Å². The fraction of sp³-hybridized carbons (Fsp3) is 0.176. The van der Waals surface area contributed by atoms with Gasteiger partial charge in [-0.3, -0.25) is 4.79 Å². The highest BCUT2D eigenvalue weighted by atomic mass is 19.1. The Balaban J connectivity index is 1.81. The highest BCUT2D eigenvalue weighted by molar-refractivity contribution is 6.02. The lowest BCUT2D eigenvalue weighted by Crippen LogP contribution is -2.27. The number of rotatable bonds is 2. The summed E-state index contributed by atoms with van der Waals surface area (Å²) >= 11 is 0. The van der Waals surface area contributed by atoms with Crippen molar-refractivity contribution in [3.05, 3.63) is 48.8 Å². The zero-order valence-electron chi connectivity index (χ0n) is 12.6. The average Bonchev–Trinajstić information content (AvgIpc) is 3.18. The van der Waals surface area contributed by atoms with Crippen LogP contribution in [0.3, 0.4) is 0 Å².